The highest BCUT2D eigenvalue weighted by molar-refractivity contribution is 5.92. The third-order valence-electron chi connectivity index (χ3n) is 5.14. The third kappa shape index (κ3) is 2.64. The number of nitrogens with two attached hydrogens (primary N) is 1. The average Bonchev–Trinajstić information content (AvgIpc) is 2.52. The lowest BCUT2D eigenvalue weighted by molar-refractivity contribution is -0.165. The average molecular weight is 328 g/mol. The number of piperidine rings is 1. The SMILES string of the molecule is Cl.[2H]C([2H])([2H])N1C[C@H]2CCC[C@@H](C1)C2(OC)c1cccc(C(N)=O)c1. The van der Waals surface area contributed by atoms with E-state index in [-0.39, 0.29) is 24.2 Å². The Balaban J connectivity index is 0.00000225. The Hall–Kier alpha value is -1.10. The van der Waals surface area contributed by atoms with Gasteiger partial charge in [0.15, 0.2) is 0 Å². The molecule has 2 fully saturated rings. The van der Waals surface area contributed by atoms with Gasteiger partial charge in [0.25, 0.3) is 0 Å². The van der Waals surface area contributed by atoms with E-state index in [1.54, 1.807) is 18.1 Å². The molecule has 1 aliphatic carbocycles. The number of primary amides is 1. The monoisotopic (exact) mass is 327 g/mol. The van der Waals surface area contributed by atoms with Gasteiger partial charge >= 0.3 is 0 Å². The topological polar surface area (TPSA) is 55.6 Å². The first-order valence-electron chi connectivity index (χ1n) is 8.99. The van der Waals surface area contributed by atoms with Crippen LogP contribution in [-0.4, -0.2) is 38.0 Å². The molecule has 5 heteroatoms. The van der Waals surface area contributed by atoms with Crippen molar-refractivity contribution in [1.29, 1.82) is 0 Å². The van der Waals surface area contributed by atoms with Crippen molar-refractivity contribution in [2.45, 2.75) is 24.9 Å². The molecule has 22 heavy (non-hydrogen) atoms. The van der Waals surface area contributed by atoms with Crippen LogP contribution in [0.3, 0.4) is 0 Å². The number of likely N-dealkylation sites (tertiary alicyclic amines) is 1. The van der Waals surface area contributed by atoms with Crippen molar-refractivity contribution in [2.75, 3.05) is 27.2 Å². The quantitative estimate of drug-likeness (QED) is 0.927. The number of methoxy groups -OCH3 is 1. The molecular weight excluding hydrogens is 300 g/mol. The Kier molecular flexibility index (Phi) is 3.98. The fraction of sp³-hybridized carbons (Fsp3) is 0.588. The van der Waals surface area contributed by atoms with Gasteiger partial charge in [-0.15, -0.1) is 12.4 Å². The summed E-state index contributed by atoms with van der Waals surface area (Å²) in [6, 6.07) is 7.29. The van der Waals surface area contributed by atoms with Crippen molar-refractivity contribution in [3.05, 3.63) is 35.4 Å². The van der Waals surface area contributed by atoms with Gasteiger partial charge in [0, 0.05) is 41.7 Å². The fourth-order valence-electron chi connectivity index (χ4n) is 4.27. The number of amides is 1. The zero-order valence-electron chi connectivity index (χ0n) is 15.7. The van der Waals surface area contributed by atoms with Gasteiger partial charge in [-0.05, 0) is 37.5 Å². The Morgan fingerprint density at radius 2 is 2.09 bits per heavy atom. The van der Waals surface area contributed by atoms with E-state index >= 15 is 0 Å². The number of halogens is 1. The number of fused-ring (bicyclic) bond motifs is 2. The smallest absolute Gasteiger partial charge is 0.248 e. The van der Waals surface area contributed by atoms with E-state index in [0.29, 0.717) is 18.7 Å². The van der Waals surface area contributed by atoms with Crippen molar-refractivity contribution in [2.24, 2.45) is 17.6 Å². The summed E-state index contributed by atoms with van der Waals surface area (Å²) in [5.41, 5.74) is 6.27. The summed E-state index contributed by atoms with van der Waals surface area (Å²) < 4.78 is 29.3. The van der Waals surface area contributed by atoms with Crippen LogP contribution < -0.4 is 5.73 Å². The lowest BCUT2D eigenvalue weighted by Gasteiger charge is -2.54. The third-order valence-corrected chi connectivity index (χ3v) is 5.14. The van der Waals surface area contributed by atoms with E-state index in [1.165, 1.54) is 0 Å². The molecule has 1 aromatic rings. The van der Waals surface area contributed by atoms with Crippen LogP contribution >= 0.6 is 12.4 Å². The molecule has 3 atom stereocenters. The zero-order valence-corrected chi connectivity index (χ0v) is 13.6. The standard InChI is InChI=1S/C17H24N2O2.ClH/c1-19-10-14-7-4-8-15(11-19)17(14,21-2)13-6-3-5-12(9-13)16(18)20;/h3,5-6,9,14-15H,4,7-8,10-11H2,1-2H3,(H2,18,20);1H/t14-,15+,17?;/i1D3;. The second kappa shape index (κ2) is 6.57. The fourth-order valence-corrected chi connectivity index (χ4v) is 4.27. The molecule has 1 saturated carbocycles. The van der Waals surface area contributed by atoms with E-state index in [0.717, 1.165) is 24.8 Å². The number of ether oxygens (including phenoxy) is 1. The van der Waals surface area contributed by atoms with Crippen LogP contribution in [0.1, 0.15) is 39.3 Å². The largest absolute Gasteiger partial charge is 0.373 e. The van der Waals surface area contributed by atoms with Crippen LogP contribution in [-0.2, 0) is 10.3 Å². The first-order chi connectivity index (χ1) is 11.3. The molecule has 1 unspecified atom stereocenters. The van der Waals surface area contributed by atoms with Gasteiger partial charge < -0.3 is 15.4 Å². The van der Waals surface area contributed by atoms with Crippen LogP contribution in [0.2, 0.25) is 0 Å². The summed E-state index contributed by atoms with van der Waals surface area (Å²) in [6.45, 7) is -1.13. The molecule has 2 bridgehead atoms. The molecule has 1 amide bonds. The number of hydrogen-bond acceptors (Lipinski definition) is 3. The predicted molar refractivity (Wildman–Crippen MR) is 89.2 cm³/mol. The number of hydrogen-bond donors (Lipinski definition) is 1. The minimum Gasteiger partial charge on any atom is -0.373 e. The second-order valence-corrected chi connectivity index (χ2v) is 6.17. The minimum atomic E-state index is -2.08. The maximum absolute atomic E-state index is 11.6. The van der Waals surface area contributed by atoms with E-state index < -0.39 is 18.5 Å². The van der Waals surface area contributed by atoms with Crippen molar-refractivity contribution < 1.29 is 13.6 Å². The summed E-state index contributed by atoms with van der Waals surface area (Å²) in [7, 11) is 1.69. The summed E-state index contributed by atoms with van der Waals surface area (Å²) >= 11 is 0. The lowest BCUT2D eigenvalue weighted by Crippen LogP contribution is -2.58. The van der Waals surface area contributed by atoms with Crippen LogP contribution in [0.25, 0.3) is 0 Å². The Labute approximate surface area is 142 Å². The van der Waals surface area contributed by atoms with Gasteiger partial charge in [0.2, 0.25) is 5.91 Å². The van der Waals surface area contributed by atoms with E-state index in [1.807, 2.05) is 18.2 Å². The maximum atomic E-state index is 11.6. The molecule has 1 aliphatic heterocycles. The first kappa shape index (κ1) is 13.3. The normalized spacial score (nSPS) is 34.0. The van der Waals surface area contributed by atoms with E-state index in [9.17, 15) is 4.79 Å². The summed E-state index contributed by atoms with van der Waals surface area (Å²) in [5.74, 6) is -0.301. The summed E-state index contributed by atoms with van der Waals surface area (Å²) in [4.78, 5) is 13.2. The molecule has 1 heterocycles. The molecule has 0 radical (unpaired) electrons. The van der Waals surface area contributed by atoms with E-state index in [4.69, 9.17) is 14.6 Å². The Morgan fingerprint density at radius 1 is 1.41 bits per heavy atom. The van der Waals surface area contributed by atoms with Gasteiger partial charge in [-0.1, -0.05) is 18.6 Å². The first-order valence-corrected chi connectivity index (χ1v) is 7.49. The van der Waals surface area contributed by atoms with Crippen molar-refractivity contribution >= 4 is 18.3 Å². The Bertz CT molecular complexity index is 625. The van der Waals surface area contributed by atoms with Crippen LogP contribution in [0.15, 0.2) is 24.3 Å². The van der Waals surface area contributed by atoms with Crippen LogP contribution in [0.4, 0.5) is 0 Å². The summed E-state index contributed by atoms with van der Waals surface area (Å²) in [6.07, 6.45) is 2.90. The van der Waals surface area contributed by atoms with Crippen LogP contribution in [0.5, 0.6) is 0 Å². The van der Waals surface area contributed by atoms with Gasteiger partial charge in [-0.25, -0.2) is 0 Å². The number of rotatable bonds is 3. The molecule has 1 saturated heterocycles. The number of nitrogens with zero attached hydrogens (tertiary/aromatic N) is 1. The molecule has 0 spiro atoms. The van der Waals surface area contributed by atoms with Crippen molar-refractivity contribution in [3.63, 3.8) is 0 Å². The molecule has 0 aromatic heterocycles. The molecule has 122 valence electrons. The highest BCUT2D eigenvalue weighted by Crippen LogP contribution is 2.51. The second-order valence-electron chi connectivity index (χ2n) is 6.17. The highest BCUT2D eigenvalue weighted by Gasteiger charge is 2.52. The van der Waals surface area contributed by atoms with Gasteiger partial charge in [-0.3, -0.25) is 4.79 Å². The predicted octanol–water partition coefficient (Wildman–Crippen LogP) is 2.41. The van der Waals surface area contributed by atoms with E-state index in [2.05, 4.69) is 0 Å². The lowest BCUT2D eigenvalue weighted by atomic mass is 9.62. The Morgan fingerprint density at radius 3 is 2.64 bits per heavy atom. The number of carbonyl (C=O) groups excluding carboxylic acids is 1. The van der Waals surface area contributed by atoms with Gasteiger partial charge in [0.1, 0.15) is 5.60 Å². The number of benzene rings is 1. The van der Waals surface area contributed by atoms with Crippen LogP contribution in [0, 0.1) is 11.8 Å². The molecular formula is C17H25ClN2O2. The number of carbonyl (C=O) groups is 1. The zero-order chi connectivity index (χ0) is 17.5. The molecule has 2 aliphatic rings. The van der Waals surface area contributed by atoms with Gasteiger partial charge in [-0.2, -0.15) is 0 Å². The highest BCUT2D eigenvalue weighted by atomic mass is 35.5. The summed E-state index contributed by atoms with van der Waals surface area (Å²) in [5, 5.41) is 0. The molecule has 3 rings (SSSR count). The minimum absolute atomic E-state index is 0. The maximum Gasteiger partial charge on any atom is 0.248 e. The van der Waals surface area contributed by atoms with Crippen molar-refractivity contribution in [1.82, 2.24) is 4.90 Å². The van der Waals surface area contributed by atoms with Gasteiger partial charge in [0.05, 0.1) is 0 Å². The molecule has 4 nitrogen and oxygen atoms in total. The molecule has 2 N–H and O–H groups in total. The molecule has 1 aromatic carbocycles. The van der Waals surface area contributed by atoms with Crippen molar-refractivity contribution in [3.8, 4) is 0 Å².